The van der Waals surface area contributed by atoms with Crippen molar-refractivity contribution in [2.45, 2.75) is 12.8 Å². The zero-order chi connectivity index (χ0) is 19.5. The standard InChI is InChI=1S/C24H21NO3/c1-28-22-12-7-18(8-13-22)23-14-10-20(11-15-24(26)27)25(23)21-9-6-17-4-2-3-5-19(17)16-21/h2-10,12-14,16H,11,15H2,1H3,(H,26,27)/p-1. The zero-order valence-corrected chi connectivity index (χ0v) is 15.6. The van der Waals surface area contributed by atoms with Gasteiger partial charge in [0.2, 0.25) is 0 Å². The average Bonchev–Trinajstić information content (AvgIpc) is 3.16. The van der Waals surface area contributed by atoms with E-state index in [0.29, 0.717) is 6.42 Å². The Balaban J connectivity index is 1.85. The number of carboxylic acids is 1. The fourth-order valence-electron chi connectivity index (χ4n) is 3.51. The monoisotopic (exact) mass is 370 g/mol. The summed E-state index contributed by atoms with van der Waals surface area (Å²) in [6, 6.07) is 26.4. The Hall–Kier alpha value is -3.53. The molecule has 0 fully saturated rings. The molecule has 0 unspecified atom stereocenters. The van der Waals surface area contributed by atoms with Crippen molar-refractivity contribution in [3.8, 4) is 22.7 Å². The van der Waals surface area contributed by atoms with Crippen LogP contribution < -0.4 is 9.84 Å². The van der Waals surface area contributed by atoms with Crippen molar-refractivity contribution in [1.82, 2.24) is 4.57 Å². The first-order valence-corrected chi connectivity index (χ1v) is 9.20. The van der Waals surface area contributed by atoms with Crippen molar-refractivity contribution >= 4 is 16.7 Å². The molecule has 4 rings (SSSR count). The average molecular weight is 370 g/mol. The van der Waals surface area contributed by atoms with Crippen LogP contribution in [0.1, 0.15) is 12.1 Å². The summed E-state index contributed by atoms with van der Waals surface area (Å²) in [5.41, 5.74) is 3.98. The Morgan fingerprint density at radius 2 is 1.68 bits per heavy atom. The molecule has 0 radical (unpaired) electrons. The molecule has 1 heterocycles. The van der Waals surface area contributed by atoms with Gasteiger partial charge in [0.1, 0.15) is 5.75 Å². The summed E-state index contributed by atoms with van der Waals surface area (Å²) in [6.07, 6.45) is 0.394. The summed E-state index contributed by atoms with van der Waals surface area (Å²) in [6.45, 7) is 0. The highest BCUT2D eigenvalue weighted by molar-refractivity contribution is 5.85. The molecular formula is C24H20NO3-. The van der Waals surface area contributed by atoms with Crippen LogP contribution in [0.25, 0.3) is 27.7 Å². The van der Waals surface area contributed by atoms with E-state index in [-0.39, 0.29) is 6.42 Å². The van der Waals surface area contributed by atoms with Gasteiger partial charge in [0.25, 0.3) is 0 Å². The predicted molar refractivity (Wildman–Crippen MR) is 109 cm³/mol. The first-order valence-electron chi connectivity index (χ1n) is 9.20. The van der Waals surface area contributed by atoms with Gasteiger partial charge >= 0.3 is 0 Å². The Morgan fingerprint density at radius 1 is 0.929 bits per heavy atom. The van der Waals surface area contributed by atoms with E-state index in [1.807, 2.05) is 48.5 Å². The van der Waals surface area contributed by atoms with Crippen LogP contribution in [-0.2, 0) is 11.2 Å². The number of benzene rings is 3. The minimum Gasteiger partial charge on any atom is -0.550 e. The molecular weight excluding hydrogens is 350 g/mol. The lowest BCUT2D eigenvalue weighted by molar-refractivity contribution is -0.305. The van der Waals surface area contributed by atoms with E-state index in [1.165, 1.54) is 5.39 Å². The topological polar surface area (TPSA) is 54.3 Å². The largest absolute Gasteiger partial charge is 0.550 e. The quantitative estimate of drug-likeness (QED) is 0.516. The van der Waals surface area contributed by atoms with Crippen molar-refractivity contribution in [3.63, 3.8) is 0 Å². The number of carbonyl (C=O) groups excluding carboxylic acids is 1. The number of methoxy groups -OCH3 is 1. The molecule has 0 N–H and O–H groups in total. The fourth-order valence-corrected chi connectivity index (χ4v) is 3.51. The van der Waals surface area contributed by atoms with Gasteiger partial charge in [-0.2, -0.15) is 0 Å². The number of aryl methyl sites for hydroxylation is 1. The van der Waals surface area contributed by atoms with Crippen LogP contribution in [0.2, 0.25) is 0 Å². The summed E-state index contributed by atoms with van der Waals surface area (Å²) >= 11 is 0. The summed E-state index contributed by atoms with van der Waals surface area (Å²) in [4.78, 5) is 11.0. The van der Waals surface area contributed by atoms with Crippen molar-refractivity contribution in [2.24, 2.45) is 0 Å². The number of aromatic nitrogens is 1. The molecule has 28 heavy (non-hydrogen) atoms. The molecule has 0 saturated carbocycles. The van der Waals surface area contributed by atoms with Crippen LogP contribution in [0.4, 0.5) is 0 Å². The number of nitrogens with zero attached hydrogens (tertiary/aromatic N) is 1. The molecule has 0 bridgehead atoms. The second-order valence-electron chi connectivity index (χ2n) is 6.68. The maximum atomic E-state index is 11.0. The number of carboxylic acid groups (broad SMARTS) is 1. The molecule has 1 aromatic heterocycles. The molecule has 4 nitrogen and oxygen atoms in total. The smallest absolute Gasteiger partial charge is 0.118 e. The van der Waals surface area contributed by atoms with Crippen LogP contribution in [0.3, 0.4) is 0 Å². The summed E-state index contributed by atoms with van der Waals surface area (Å²) in [5.74, 6) is -0.248. The minimum absolute atomic E-state index is 0.0142. The lowest BCUT2D eigenvalue weighted by Crippen LogP contribution is -2.22. The maximum absolute atomic E-state index is 11.0. The van der Waals surface area contributed by atoms with E-state index >= 15 is 0 Å². The Bertz CT molecular complexity index is 1130. The predicted octanol–water partition coefficient (Wildman–Crippen LogP) is 3.99. The van der Waals surface area contributed by atoms with Crippen molar-refractivity contribution < 1.29 is 14.6 Å². The van der Waals surface area contributed by atoms with Gasteiger partial charge in [0.15, 0.2) is 0 Å². The zero-order valence-electron chi connectivity index (χ0n) is 15.6. The lowest BCUT2D eigenvalue weighted by Gasteiger charge is -2.15. The van der Waals surface area contributed by atoms with E-state index < -0.39 is 5.97 Å². The van der Waals surface area contributed by atoms with Gasteiger partial charge in [-0.1, -0.05) is 30.3 Å². The molecule has 0 amide bonds. The summed E-state index contributed by atoms with van der Waals surface area (Å²) in [5, 5.41) is 13.3. The van der Waals surface area contributed by atoms with Crippen LogP contribution in [-0.4, -0.2) is 17.6 Å². The van der Waals surface area contributed by atoms with Crippen molar-refractivity contribution in [3.05, 3.63) is 84.6 Å². The second-order valence-corrected chi connectivity index (χ2v) is 6.68. The first-order chi connectivity index (χ1) is 13.7. The van der Waals surface area contributed by atoms with Gasteiger partial charge in [-0.05, 0) is 77.7 Å². The van der Waals surface area contributed by atoms with Crippen LogP contribution in [0, 0.1) is 0 Å². The van der Waals surface area contributed by atoms with Crippen LogP contribution >= 0.6 is 0 Å². The molecule has 0 aliphatic carbocycles. The third-order valence-electron chi connectivity index (χ3n) is 4.92. The number of hydrogen-bond donors (Lipinski definition) is 0. The Morgan fingerprint density at radius 3 is 2.39 bits per heavy atom. The van der Waals surface area contributed by atoms with Crippen LogP contribution in [0.15, 0.2) is 78.9 Å². The summed E-state index contributed by atoms with van der Waals surface area (Å²) < 4.78 is 7.38. The molecule has 140 valence electrons. The van der Waals surface area contributed by atoms with Gasteiger partial charge in [-0.25, -0.2) is 0 Å². The lowest BCUT2D eigenvalue weighted by atomic mass is 10.1. The molecule has 0 aliphatic rings. The second kappa shape index (κ2) is 7.61. The van der Waals surface area contributed by atoms with E-state index in [0.717, 1.165) is 33.8 Å². The van der Waals surface area contributed by atoms with Gasteiger partial charge in [-0.15, -0.1) is 0 Å². The number of rotatable bonds is 6. The van der Waals surface area contributed by atoms with Gasteiger partial charge in [0.05, 0.1) is 12.8 Å². The molecule has 4 heteroatoms. The SMILES string of the molecule is COc1ccc(-c2ccc(CCC(=O)[O-])n2-c2ccc3ccccc3c2)cc1. The third kappa shape index (κ3) is 3.49. The fraction of sp³-hybridized carbons (Fsp3) is 0.125. The highest BCUT2D eigenvalue weighted by Gasteiger charge is 2.13. The van der Waals surface area contributed by atoms with Crippen molar-refractivity contribution in [1.29, 1.82) is 0 Å². The van der Waals surface area contributed by atoms with E-state index in [4.69, 9.17) is 4.74 Å². The highest BCUT2D eigenvalue weighted by atomic mass is 16.5. The highest BCUT2D eigenvalue weighted by Crippen LogP contribution is 2.30. The van der Waals surface area contributed by atoms with Gasteiger partial charge in [-0.3, -0.25) is 0 Å². The van der Waals surface area contributed by atoms with Gasteiger partial charge < -0.3 is 19.2 Å². The van der Waals surface area contributed by atoms with Crippen molar-refractivity contribution in [2.75, 3.05) is 7.11 Å². The van der Waals surface area contributed by atoms with E-state index in [2.05, 4.69) is 34.9 Å². The number of carbonyl (C=O) groups is 1. The number of hydrogen-bond acceptors (Lipinski definition) is 3. The van der Waals surface area contributed by atoms with Crippen LogP contribution in [0.5, 0.6) is 5.75 Å². The molecule has 0 spiro atoms. The minimum atomic E-state index is -1.04. The first kappa shape index (κ1) is 17.9. The number of ether oxygens (including phenoxy) is 1. The maximum Gasteiger partial charge on any atom is 0.118 e. The van der Waals surface area contributed by atoms with E-state index in [1.54, 1.807) is 7.11 Å². The normalized spacial score (nSPS) is 10.9. The number of fused-ring (bicyclic) bond motifs is 1. The molecule has 0 atom stereocenters. The van der Waals surface area contributed by atoms with Gasteiger partial charge in [0, 0.05) is 17.4 Å². The van der Waals surface area contributed by atoms with E-state index in [9.17, 15) is 9.90 Å². The third-order valence-corrected chi connectivity index (χ3v) is 4.92. The Kier molecular flexibility index (Phi) is 4.85. The number of aliphatic carboxylic acids is 1. The molecule has 0 aliphatic heterocycles. The molecule has 3 aromatic carbocycles. The Labute approximate surface area is 163 Å². The molecule has 4 aromatic rings. The summed E-state index contributed by atoms with van der Waals surface area (Å²) in [7, 11) is 1.64. The molecule has 0 saturated heterocycles.